The topological polar surface area (TPSA) is 33.0 Å². The van der Waals surface area contributed by atoms with Gasteiger partial charge in [-0.1, -0.05) is 0 Å². The van der Waals surface area contributed by atoms with E-state index in [4.69, 9.17) is 5.00 Å². The van der Waals surface area contributed by atoms with Crippen LogP contribution in [0.4, 0.5) is 0 Å². The molecule has 0 aromatic heterocycles. The summed E-state index contributed by atoms with van der Waals surface area (Å²) in [5.74, 6) is 0. The molecule has 0 N–H and O–H groups in total. The van der Waals surface area contributed by atoms with E-state index in [1.807, 2.05) is 6.92 Å². The van der Waals surface area contributed by atoms with Gasteiger partial charge in [0.1, 0.15) is 0 Å². The van der Waals surface area contributed by atoms with Gasteiger partial charge in [-0.05, 0) is 6.92 Å². The van der Waals surface area contributed by atoms with Crippen molar-refractivity contribution in [1.29, 1.82) is 5.00 Å². The van der Waals surface area contributed by atoms with E-state index < -0.39 is 7.78 Å². The van der Waals surface area contributed by atoms with Crippen LogP contribution in [0.3, 0.4) is 0 Å². The number of rotatable bonds is 1. The van der Waals surface area contributed by atoms with Crippen molar-refractivity contribution >= 4 is 7.78 Å². The molecule has 1 unspecified atom stereocenters. The van der Waals surface area contributed by atoms with E-state index in [1.165, 1.54) is 0 Å². The molecule has 0 heterocycles. The Bertz CT molecular complexity index is 82.5. The van der Waals surface area contributed by atoms with Crippen molar-refractivity contribution in [3.8, 4) is 0 Å². The number of nitrogens with zero attached hydrogens (tertiary/aromatic N) is 1. The Kier molecular flexibility index (Phi) is 3.16. The fraction of sp³-hybridized carbons (Fsp3) is 1.00. The molecule has 0 aliphatic carbocycles. The summed E-state index contributed by atoms with van der Waals surface area (Å²) in [6, 6.07) is 0. The van der Waals surface area contributed by atoms with Crippen LogP contribution < -0.4 is 0 Å². The zero-order valence-corrected chi connectivity index (χ0v) is 4.90. The second-order valence-electron chi connectivity index (χ2n) is 0.882. The maximum Gasteiger partial charge on any atom is 0.179 e. The Hall–Kier alpha value is -0.0300. The highest BCUT2D eigenvalue weighted by atomic mass is 31.1. The first-order chi connectivity index (χ1) is 2.77. The average molecular weight is 105 g/mol. The zero-order chi connectivity index (χ0) is 4.99. The average Bonchev–Trinajstić information content (AvgIpc) is 1.35. The quantitative estimate of drug-likeness (QED) is 0.473. The third-order valence-corrected chi connectivity index (χ3v) is 0.948. The third-order valence-electron chi connectivity index (χ3n) is 0.316. The summed E-state index contributed by atoms with van der Waals surface area (Å²) >= 11 is 0. The Morgan fingerprint density at radius 3 is 2.33 bits per heavy atom. The van der Waals surface area contributed by atoms with E-state index in [2.05, 4.69) is 4.52 Å². The van der Waals surface area contributed by atoms with Crippen LogP contribution in [0.25, 0.3) is 0 Å². The highest BCUT2D eigenvalue weighted by molar-refractivity contribution is 7.36. The fourth-order valence-corrected chi connectivity index (χ4v) is 0.561. The van der Waals surface area contributed by atoms with Gasteiger partial charge in [0, 0.05) is 6.66 Å². The summed E-state index contributed by atoms with van der Waals surface area (Å²) in [5.41, 5.74) is 0. The predicted molar refractivity (Wildman–Crippen MR) is 26.2 cm³/mol. The van der Waals surface area contributed by atoms with Gasteiger partial charge in [-0.15, -0.1) is 0 Å². The van der Waals surface area contributed by atoms with Gasteiger partial charge in [-0.3, -0.25) is 0 Å². The smallest absolute Gasteiger partial charge is 0.179 e. The monoisotopic (exact) mass is 105 g/mol. The van der Waals surface area contributed by atoms with Crippen LogP contribution in [0, 0.1) is 5.00 Å². The van der Waals surface area contributed by atoms with Crippen molar-refractivity contribution in [1.82, 2.24) is 0 Å². The van der Waals surface area contributed by atoms with Crippen molar-refractivity contribution < 1.29 is 4.52 Å². The number of hydrogen-bond donors (Lipinski definition) is 0. The second-order valence-corrected chi connectivity index (χ2v) is 2.07. The summed E-state index contributed by atoms with van der Waals surface area (Å²) in [5, 5.41) is 8.39. The highest BCUT2D eigenvalue weighted by Crippen LogP contribution is 2.09. The molecule has 0 aromatic carbocycles. The maximum absolute atomic E-state index is 8.39. The van der Waals surface area contributed by atoms with Crippen LogP contribution in [0.1, 0.15) is 6.92 Å². The van der Waals surface area contributed by atoms with Crippen molar-refractivity contribution in [2.45, 2.75) is 6.92 Å². The standard InChI is InChI=1S/C3H8NOP/c1-3-5-6(2)4/h3H2,1-2H3. The molecule has 0 spiro atoms. The molecule has 6 heavy (non-hydrogen) atoms. The molecule has 0 saturated carbocycles. The lowest BCUT2D eigenvalue weighted by molar-refractivity contribution is 0.387. The summed E-state index contributed by atoms with van der Waals surface area (Å²) in [7, 11) is -1.10. The van der Waals surface area contributed by atoms with Gasteiger partial charge in [0.05, 0.1) is 6.61 Å². The summed E-state index contributed by atoms with van der Waals surface area (Å²) in [6.45, 7) is 4.12. The first kappa shape index (κ1) is 5.97. The van der Waals surface area contributed by atoms with Gasteiger partial charge in [0.2, 0.25) is 0 Å². The van der Waals surface area contributed by atoms with Crippen LogP contribution in [0.2, 0.25) is 0 Å². The van der Waals surface area contributed by atoms with Gasteiger partial charge >= 0.3 is 0 Å². The van der Waals surface area contributed by atoms with Crippen molar-refractivity contribution in [3.05, 3.63) is 0 Å². The van der Waals surface area contributed by atoms with Gasteiger partial charge in [0.15, 0.2) is 7.78 Å². The van der Waals surface area contributed by atoms with Gasteiger partial charge in [0.25, 0.3) is 0 Å². The van der Waals surface area contributed by atoms with Crippen LogP contribution in [-0.2, 0) is 4.52 Å². The van der Waals surface area contributed by atoms with Gasteiger partial charge in [-0.25, -0.2) is 5.00 Å². The van der Waals surface area contributed by atoms with Crippen LogP contribution >= 0.6 is 7.78 Å². The maximum atomic E-state index is 8.39. The van der Waals surface area contributed by atoms with Crippen LogP contribution in [0.5, 0.6) is 0 Å². The van der Waals surface area contributed by atoms with Gasteiger partial charge in [-0.2, -0.15) is 0 Å². The molecule has 3 heteroatoms. The van der Waals surface area contributed by atoms with Gasteiger partial charge < -0.3 is 4.52 Å². The van der Waals surface area contributed by atoms with E-state index in [-0.39, 0.29) is 0 Å². The molecule has 0 saturated heterocycles. The molecule has 0 rings (SSSR count). The Labute approximate surface area is 38.5 Å². The van der Waals surface area contributed by atoms with Crippen molar-refractivity contribution in [2.75, 3.05) is 13.3 Å². The minimum atomic E-state index is -1.10. The van der Waals surface area contributed by atoms with Crippen molar-refractivity contribution in [3.63, 3.8) is 0 Å². The molecule has 36 valence electrons. The Morgan fingerprint density at radius 2 is 2.33 bits per heavy atom. The molecular weight excluding hydrogens is 97.0 g/mol. The molecule has 2 nitrogen and oxygen atoms in total. The predicted octanol–water partition coefficient (Wildman–Crippen LogP) is 1.53. The zero-order valence-electron chi connectivity index (χ0n) is 4.01. The second kappa shape index (κ2) is 3.17. The first-order valence-electron chi connectivity index (χ1n) is 1.83. The molecule has 0 amide bonds. The lowest BCUT2D eigenvalue weighted by atomic mass is 10.9. The minimum Gasteiger partial charge on any atom is -0.309 e. The number of hydrogen-bond acceptors (Lipinski definition) is 2. The SMILES string of the molecule is CCOP(C)#N. The fourth-order valence-electron chi connectivity index (χ4n) is 0.187. The van der Waals surface area contributed by atoms with Crippen LogP contribution in [-0.4, -0.2) is 13.3 Å². The molecule has 0 radical (unpaired) electrons. The molecule has 0 aliphatic rings. The summed E-state index contributed by atoms with van der Waals surface area (Å²) in [6.07, 6.45) is 0. The lowest BCUT2D eigenvalue weighted by Crippen LogP contribution is -1.70. The molecule has 0 fully saturated rings. The largest absolute Gasteiger partial charge is 0.309 e. The summed E-state index contributed by atoms with van der Waals surface area (Å²) < 4.78 is 4.66. The minimum absolute atomic E-state index is 0.610. The lowest BCUT2D eigenvalue weighted by Gasteiger charge is -1.84. The molecule has 0 aromatic rings. The normalized spacial score (nSPS) is 11.2. The molecule has 0 bridgehead atoms. The van der Waals surface area contributed by atoms with E-state index in [0.29, 0.717) is 6.61 Å². The van der Waals surface area contributed by atoms with E-state index >= 15 is 0 Å². The Balaban J connectivity index is 2.91. The van der Waals surface area contributed by atoms with Crippen LogP contribution in [0.15, 0.2) is 0 Å². The molecule has 1 atom stereocenters. The Morgan fingerprint density at radius 1 is 1.83 bits per heavy atom. The van der Waals surface area contributed by atoms with Crippen molar-refractivity contribution in [2.24, 2.45) is 0 Å². The first-order valence-corrected chi connectivity index (χ1v) is 3.49. The molecular formula is C3H8NOP. The summed E-state index contributed by atoms with van der Waals surface area (Å²) in [4.78, 5) is 0. The van der Waals surface area contributed by atoms with E-state index in [0.717, 1.165) is 0 Å². The van der Waals surface area contributed by atoms with E-state index in [9.17, 15) is 0 Å². The third kappa shape index (κ3) is 3.97. The highest BCUT2D eigenvalue weighted by Gasteiger charge is 1.76. The molecule has 0 aliphatic heterocycles. The van der Waals surface area contributed by atoms with E-state index in [1.54, 1.807) is 6.66 Å².